The fourth-order valence-corrected chi connectivity index (χ4v) is 3.94. The van der Waals surface area contributed by atoms with Crippen LogP contribution in [0.15, 0.2) is 49.1 Å². The number of fused-ring (bicyclic) bond motifs is 4. The van der Waals surface area contributed by atoms with Gasteiger partial charge >= 0.3 is 0 Å². The molecule has 1 unspecified atom stereocenters. The Labute approximate surface area is 162 Å². The molecule has 0 aromatic heterocycles. The van der Waals surface area contributed by atoms with Gasteiger partial charge in [-0.3, -0.25) is 0 Å². The van der Waals surface area contributed by atoms with Gasteiger partial charge in [0.05, 0.1) is 6.61 Å². The van der Waals surface area contributed by atoms with Crippen molar-refractivity contribution in [3.63, 3.8) is 0 Å². The summed E-state index contributed by atoms with van der Waals surface area (Å²) >= 11 is 0. The highest BCUT2D eigenvalue weighted by atomic mass is 19.2. The number of ether oxygens (including phenoxy) is 1. The van der Waals surface area contributed by atoms with Crippen molar-refractivity contribution in [3.05, 3.63) is 72.1 Å². The number of rotatable bonds is 6. The quantitative estimate of drug-likeness (QED) is 0.414. The van der Waals surface area contributed by atoms with Crippen molar-refractivity contribution in [2.45, 2.75) is 26.2 Å². The molecule has 28 heavy (non-hydrogen) atoms. The summed E-state index contributed by atoms with van der Waals surface area (Å²) in [5, 5.41) is 0. The Morgan fingerprint density at radius 3 is 2.50 bits per heavy atom. The van der Waals surface area contributed by atoms with E-state index in [1.807, 2.05) is 18.2 Å². The summed E-state index contributed by atoms with van der Waals surface area (Å²) in [6.45, 7) is 5.66. The summed E-state index contributed by atoms with van der Waals surface area (Å²) in [7, 11) is 0. The average molecular weight is 382 g/mol. The van der Waals surface area contributed by atoms with Gasteiger partial charge in [-0.1, -0.05) is 36.4 Å². The van der Waals surface area contributed by atoms with Crippen molar-refractivity contribution in [2.24, 2.45) is 5.92 Å². The van der Waals surface area contributed by atoms with Crippen LogP contribution in [0, 0.1) is 23.4 Å². The molecule has 2 aliphatic carbocycles. The Bertz CT molecular complexity index is 1020. The van der Waals surface area contributed by atoms with Crippen LogP contribution in [0.1, 0.15) is 31.7 Å². The molecule has 0 radical (unpaired) electrons. The number of hydrogen-bond acceptors (Lipinski definition) is 1. The van der Waals surface area contributed by atoms with E-state index in [4.69, 9.17) is 4.74 Å². The molecule has 0 heterocycles. The van der Waals surface area contributed by atoms with Crippen LogP contribution in [0.3, 0.4) is 0 Å². The van der Waals surface area contributed by atoms with Gasteiger partial charge in [0.15, 0.2) is 11.6 Å². The van der Waals surface area contributed by atoms with E-state index < -0.39 is 17.5 Å². The predicted molar refractivity (Wildman–Crippen MR) is 107 cm³/mol. The SMILES string of the molecule is C=CCCC1C=CC(c2ccc3c(c2F)-c2c-3cc(OCC)c(F)c2F)=CC1. The largest absolute Gasteiger partial charge is 0.491 e. The van der Waals surface area contributed by atoms with Crippen LogP contribution in [-0.4, -0.2) is 6.61 Å². The summed E-state index contributed by atoms with van der Waals surface area (Å²) in [6.07, 6.45) is 10.7. The van der Waals surface area contributed by atoms with E-state index in [-0.39, 0.29) is 23.5 Å². The monoisotopic (exact) mass is 382 g/mol. The minimum absolute atomic E-state index is 0.000415. The third kappa shape index (κ3) is 2.88. The van der Waals surface area contributed by atoms with Gasteiger partial charge in [0.2, 0.25) is 5.82 Å². The third-order valence-electron chi connectivity index (χ3n) is 5.40. The maximum absolute atomic E-state index is 15.2. The van der Waals surface area contributed by atoms with Gasteiger partial charge in [0.1, 0.15) is 5.82 Å². The number of benzene rings is 2. The summed E-state index contributed by atoms with van der Waals surface area (Å²) in [5.74, 6) is -2.36. The highest BCUT2D eigenvalue weighted by Crippen LogP contribution is 2.53. The Kier molecular flexibility index (Phi) is 4.88. The highest BCUT2D eigenvalue weighted by molar-refractivity contribution is 6.04. The van der Waals surface area contributed by atoms with E-state index in [0.29, 0.717) is 22.6 Å². The maximum atomic E-state index is 15.2. The molecule has 0 N–H and O–H groups in total. The molecule has 144 valence electrons. The second-order valence-corrected chi connectivity index (χ2v) is 7.09. The first-order chi connectivity index (χ1) is 13.6. The van der Waals surface area contributed by atoms with Gasteiger partial charge in [-0.2, -0.15) is 4.39 Å². The minimum Gasteiger partial charge on any atom is -0.491 e. The van der Waals surface area contributed by atoms with E-state index >= 15 is 4.39 Å². The Morgan fingerprint density at radius 1 is 1.07 bits per heavy atom. The first kappa shape index (κ1) is 18.6. The first-order valence-electron chi connectivity index (χ1n) is 9.54. The van der Waals surface area contributed by atoms with Crippen LogP contribution in [-0.2, 0) is 0 Å². The lowest BCUT2D eigenvalue weighted by Gasteiger charge is -2.28. The third-order valence-corrected chi connectivity index (χ3v) is 5.40. The Balaban J connectivity index is 1.68. The first-order valence-corrected chi connectivity index (χ1v) is 9.54. The standard InChI is InChI=1S/C24H21F3O/c1-3-5-6-14-7-9-15(10-8-14)16-11-12-17-18-13-19(28-4-2)23(26)24(27)21(18)20(17)22(16)25/h3,7,9-14H,1,4-6,8H2,2H3. The lowest BCUT2D eigenvalue weighted by Crippen LogP contribution is -2.10. The molecule has 2 aromatic rings. The smallest absolute Gasteiger partial charge is 0.201 e. The molecule has 0 saturated carbocycles. The van der Waals surface area contributed by atoms with Crippen molar-refractivity contribution in [3.8, 4) is 28.0 Å². The fraction of sp³-hybridized carbons (Fsp3) is 0.250. The molecule has 0 amide bonds. The van der Waals surface area contributed by atoms with Crippen molar-refractivity contribution in [2.75, 3.05) is 6.61 Å². The van der Waals surface area contributed by atoms with E-state index in [1.54, 1.807) is 19.1 Å². The normalized spacial score (nSPS) is 16.7. The van der Waals surface area contributed by atoms with Gasteiger partial charge in [0, 0.05) is 16.7 Å². The topological polar surface area (TPSA) is 9.23 Å². The molecule has 4 heteroatoms. The Morgan fingerprint density at radius 2 is 1.82 bits per heavy atom. The number of allylic oxidation sites excluding steroid dienone is 5. The molecule has 0 saturated heterocycles. The molecular formula is C24H21F3O. The van der Waals surface area contributed by atoms with Crippen molar-refractivity contribution in [1.82, 2.24) is 0 Å². The predicted octanol–water partition coefficient (Wildman–Crippen LogP) is 7.08. The lowest BCUT2D eigenvalue weighted by atomic mass is 9.77. The van der Waals surface area contributed by atoms with E-state index in [1.165, 1.54) is 6.07 Å². The maximum Gasteiger partial charge on any atom is 0.201 e. The number of halogens is 3. The van der Waals surface area contributed by atoms with E-state index in [9.17, 15) is 8.78 Å². The zero-order chi connectivity index (χ0) is 19.8. The van der Waals surface area contributed by atoms with E-state index in [2.05, 4.69) is 12.7 Å². The number of hydrogen-bond donors (Lipinski definition) is 0. The Hall–Kier alpha value is -2.75. The van der Waals surface area contributed by atoms with Crippen LogP contribution < -0.4 is 4.74 Å². The second kappa shape index (κ2) is 7.34. The van der Waals surface area contributed by atoms with Crippen molar-refractivity contribution >= 4 is 5.57 Å². The molecule has 2 aliphatic rings. The zero-order valence-electron chi connectivity index (χ0n) is 15.7. The van der Waals surface area contributed by atoms with Gasteiger partial charge in [-0.25, -0.2) is 8.78 Å². The molecule has 1 nitrogen and oxygen atoms in total. The van der Waals surface area contributed by atoms with Gasteiger partial charge < -0.3 is 4.74 Å². The summed E-state index contributed by atoms with van der Waals surface area (Å²) < 4.78 is 49.2. The van der Waals surface area contributed by atoms with Crippen LogP contribution in [0.4, 0.5) is 13.2 Å². The van der Waals surface area contributed by atoms with Gasteiger partial charge in [0.25, 0.3) is 0 Å². The minimum atomic E-state index is -1.07. The molecule has 1 atom stereocenters. The molecule has 0 spiro atoms. The van der Waals surface area contributed by atoms with Crippen molar-refractivity contribution < 1.29 is 17.9 Å². The van der Waals surface area contributed by atoms with Crippen LogP contribution in [0.5, 0.6) is 5.75 Å². The summed E-state index contributed by atoms with van der Waals surface area (Å²) in [6, 6.07) is 4.92. The molecule has 0 bridgehead atoms. The summed E-state index contributed by atoms with van der Waals surface area (Å²) in [4.78, 5) is 0. The lowest BCUT2D eigenvalue weighted by molar-refractivity contribution is 0.314. The molecule has 0 aliphatic heterocycles. The molecule has 0 fully saturated rings. The zero-order valence-corrected chi connectivity index (χ0v) is 15.7. The highest BCUT2D eigenvalue weighted by Gasteiger charge is 2.34. The molecule has 4 rings (SSSR count). The average Bonchev–Trinajstić information content (AvgIpc) is 2.69. The van der Waals surface area contributed by atoms with E-state index in [0.717, 1.165) is 24.8 Å². The van der Waals surface area contributed by atoms with Gasteiger partial charge in [-0.05, 0) is 54.9 Å². The van der Waals surface area contributed by atoms with Crippen LogP contribution >= 0.6 is 0 Å². The molecular weight excluding hydrogens is 361 g/mol. The second-order valence-electron chi connectivity index (χ2n) is 7.09. The summed E-state index contributed by atoms with van der Waals surface area (Å²) in [5.41, 5.74) is 2.40. The molecule has 2 aromatic carbocycles. The van der Waals surface area contributed by atoms with Crippen molar-refractivity contribution in [1.29, 1.82) is 0 Å². The van der Waals surface area contributed by atoms with Gasteiger partial charge in [-0.15, -0.1) is 6.58 Å². The van der Waals surface area contributed by atoms with Crippen LogP contribution in [0.2, 0.25) is 0 Å². The fourth-order valence-electron chi connectivity index (χ4n) is 3.94. The van der Waals surface area contributed by atoms with Crippen LogP contribution in [0.25, 0.3) is 27.8 Å².